The molecule has 0 radical (unpaired) electrons. The summed E-state index contributed by atoms with van der Waals surface area (Å²) in [5.41, 5.74) is 1.78. The number of amides is 1. The summed E-state index contributed by atoms with van der Waals surface area (Å²) < 4.78 is 38.9. The molecule has 0 spiro atoms. The van der Waals surface area contributed by atoms with Crippen LogP contribution in [0.25, 0.3) is 10.9 Å². The molecule has 4 rings (SSSR count). The first-order valence-electron chi connectivity index (χ1n) is 9.64. The number of hydrogen-bond acceptors (Lipinski definition) is 3. The molecule has 0 aliphatic heterocycles. The van der Waals surface area contributed by atoms with Gasteiger partial charge in [0, 0.05) is 35.5 Å². The molecule has 2 heterocycles. The van der Waals surface area contributed by atoms with E-state index in [9.17, 15) is 18.0 Å². The van der Waals surface area contributed by atoms with Crippen LogP contribution < -0.4 is 10.6 Å². The summed E-state index contributed by atoms with van der Waals surface area (Å²) >= 11 is 0. The van der Waals surface area contributed by atoms with E-state index in [0.717, 1.165) is 28.6 Å². The molecule has 0 aliphatic rings. The highest BCUT2D eigenvalue weighted by molar-refractivity contribution is 5.99. The monoisotopic (exact) mass is 424 g/mol. The van der Waals surface area contributed by atoms with Crippen LogP contribution >= 0.6 is 0 Å². The van der Waals surface area contributed by atoms with Gasteiger partial charge in [-0.3, -0.25) is 4.79 Å². The quantitative estimate of drug-likeness (QED) is 0.394. The fraction of sp³-hybridized carbons (Fsp3) is 0.130. The molecule has 0 aliphatic carbocycles. The number of benzene rings is 2. The summed E-state index contributed by atoms with van der Waals surface area (Å²) in [6, 6.07) is 15.8. The smallest absolute Gasteiger partial charge is 0.361 e. The highest BCUT2D eigenvalue weighted by Crippen LogP contribution is 2.31. The maximum absolute atomic E-state index is 13.0. The molecular formula is C23H19F3N4O. The van der Waals surface area contributed by atoms with Gasteiger partial charge in [-0.25, -0.2) is 4.98 Å². The predicted octanol–water partition coefficient (Wildman–Crippen LogP) is 5.30. The number of carbonyl (C=O) groups excluding carboxylic acids is 1. The van der Waals surface area contributed by atoms with E-state index in [1.807, 2.05) is 30.5 Å². The van der Waals surface area contributed by atoms with Gasteiger partial charge >= 0.3 is 6.18 Å². The molecule has 31 heavy (non-hydrogen) atoms. The summed E-state index contributed by atoms with van der Waals surface area (Å²) in [7, 11) is 0. The summed E-state index contributed by atoms with van der Waals surface area (Å²) in [5, 5.41) is 6.77. The molecule has 4 aromatic rings. The lowest BCUT2D eigenvalue weighted by Gasteiger charge is -2.13. The number of nitrogens with zero attached hydrogens (tertiary/aromatic N) is 1. The second kappa shape index (κ2) is 8.51. The van der Waals surface area contributed by atoms with E-state index in [4.69, 9.17) is 0 Å². The van der Waals surface area contributed by atoms with E-state index in [1.165, 1.54) is 18.3 Å². The molecule has 2 aromatic carbocycles. The fourth-order valence-electron chi connectivity index (χ4n) is 3.34. The van der Waals surface area contributed by atoms with Gasteiger partial charge < -0.3 is 15.6 Å². The lowest BCUT2D eigenvalue weighted by Crippen LogP contribution is -2.26. The van der Waals surface area contributed by atoms with Crippen molar-refractivity contribution in [3.8, 4) is 0 Å². The number of pyridine rings is 1. The minimum Gasteiger partial charge on any atom is -0.361 e. The summed E-state index contributed by atoms with van der Waals surface area (Å²) in [5.74, 6) is -0.172. The Morgan fingerprint density at radius 1 is 1.03 bits per heavy atom. The highest BCUT2D eigenvalue weighted by atomic mass is 19.4. The maximum Gasteiger partial charge on any atom is 0.416 e. The van der Waals surface area contributed by atoms with Crippen LogP contribution in [0.4, 0.5) is 24.7 Å². The third-order valence-electron chi connectivity index (χ3n) is 4.86. The van der Waals surface area contributed by atoms with Gasteiger partial charge in [-0.15, -0.1) is 0 Å². The van der Waals surface area contributed by atoms with Crippen LogP contribution in [0, 0.1) is 0 Å². The third kappa shape index (κ3) is 4.69. The lowest BCUT2D eigenvalue weighted by atomic mass is 10.1. The summed E-state index contributed by atoms with van der Waals surface area (Å²) in [6.45, 7) is 0.401. The molecule has 0 unspecified atom stereocenters. The molecule has 0 saturated carbocycles. The van der Waals surface area contributed by atoms with Crippen LogP contribution in [-0.2, 0) is 12.6 Å². The van der Waals surface area contributed by atoms with E-state index in [1.54, 1.807) is 12.1 Å². The number of aromatic amines is 1. The van der Waals surface area contributed by atoms with Crippen molar-refractivity contribution in [3.05, 3.63) is 89.7 Å². The first-order chi connectivity index (χ1) is 14.9. The van der Waals surface area contributed by atoms with Crippen molar-refractivity contribution in [1.82, 2.24) is 15.3 Å². The molecule has 158 valence electrons. The summed E-state index contributed by atoms with van der Waals surface area (Å²) in [4.78, 5) is 20.0. The van der Waals surface area contributed by atoms with Crippen LogP contribution in [0.5, 0.6) is 0 Å². The van der Waals surface area contributed by atoms with Crippen LogP contribution in [-0.4, -0.2) is 22.4 Å². The van der Waals surface area contributed by atoms with Crippen molar-refractivity contribution in [2.45, 2.75) is 12.6 Å². The topological polar surface area (TPSA) is 69.8 Å². The van der Waals surface area contributed by atoms with Crippen molar-refractivity contribution < 1.29 is 18.0 Å². The van der Waals surface area contributed by atoms with E-state index >= 15 is 0 Å². The first kappa shape index (κ1) is 20.5. The van der Waals surface area contributed by atoms with Crippen LogP contribution in [0.2, 0.25) is 0 Å². The number of hydrogen-bond donors (Lipinski definition) is 3. The SMILES string of the molecule is O=C(NCCc1c[nH]c2ccccc12)c1cccnc1Nc1cccc(C(F)(F)F)c1. The highest BCUT2D eigenvalue weighted by Gasteiger charge is 2.30. The molecule has 0 saturated heterocycles. The Kier molecular flexibility index (Phi) is 5.62. The average Bonchev–Trinajstić information content (AvgIpc) is 3.17. The van der Waals surface area contributed by atoms with Crippen molar-refractivity contribution >= 4 is 28.3 Å². The van der Waals surface area contributed by atoms with Gasteiger partial charge in [0.05, 0.1) is 11.1 Å². The van der Waals surface area contributed by atoms with Gasteiger partial charge in [-0.2, -0.15) is 13.2 Å². The first-order valence-corrected chi connectivity index (χ1v) is 9.64. The molecule has 8 heteroatoms. The average molecular weight is 424 g/mol. The predicted molar refractivity (Wildman–Crippen MR) is 113 cm³/mol. The molecule has 3 N–H and O–H groups in total. The standard InChI is InChI=1S/C23H19F3N4O/c24-23(25,26)16-5-3-6-17(13-16)30-21-19(8-4-11-27-21)22(31)28-12-10-15-14-29-20-9-2-1-7-18(15)20/h1-9,11,13-14,29H,10,12H2,(H,27,30)(H,28,31). The number of alkyl halides is 3. The molecule has 2 aromatic heterocycles. The minimum absolute atomic E-state index is 0.186. The zero-order valence-electron chi connectivity index (χ0n) is 16.3. The largest absolute Gasteiger partial charge is 0.416 e. The Balaban J connectivity index is 1.45. The van der Waals surface area contributed by atoms with Gasteiger partial charge in [0.15, 0.2) is 0 Å². The second-order valence-corrected chi connectivity index (χ2v) is 6.97. The molecule has 0 bridgehead atoms. The zero-order valence-corrected chi connectivity index (χ0v) is 16.3. The molecular weight excluding hydrogens is 405 g/mol. The fourth-order valence-corrected chi connectivity index (χ4v) is 3.34. The minimum atomic E-state index is -4.45. The molecule has 1 amide bonds. The number of aromatic nitrogens is 2. The van der Waals surface area contributed by atoms with Gasteiger partial charge in [0.2, 0.25) is 0 Å². The molecule has 5 nitrogen and oxygen atoms in total. The van der Waals surface area contributed by atoms with Gasteiger partial charge in [0.25, 0.3) is 5.91 Å². The van der Waals surface area contributed by atoms with Crippen LogP contribution in [0.3, 0.4) is 0 Å². The Morgan fingerprint density at radius 2 is 1.87 bits per heavy atom. The van der Waals surface area contributed by atoms with E-state index in [-0.39, 0.29) is 23.0 Å². The molecule has 0 fully saturated rings. The lowest BCUT2D eigenvalue weighted by molar-refractivity contribution is -0.137. The van der Waals surface area contributed by atoms with Crippen LogP contribution in [0.15, 0.2) is 73.1 Å². The number of para-hydroxylation sites is 1. The van der Waals surface area contributed by atoms with E-state index < -0.39 is 11.7 Å². The second-order valence-electron chi connectivity index (χ2n) is 6.97. The Morgan fingerprint density at radius 3 is 2.71 bits per heavy atom. The number of rotatable bonds is 6. The van der Waals surface area contributed by atoms with Gasteiger partial charge in [-0.1, -0.05) is 24.3 Å². The normalized spacial score (nSPS) is 11.5. The van der Waals surface area contributed by atoms with Gasteiger partial charge in [0.1, 0.15) is 5.82 Å². The maximum atomic E-state index is 13.0. The number of nitrogens with one attached hydrogen (secondary N) is 3. The van der Waals surface area contributed by atoms with Crippen molar-refractivity contribution in [2.75, 3.05) is 11.9 Å². The number of carbonyl (C=O) groups is 1. The molecule has 0 atom stereocenters. The van der Waals surface area contributed by atoms with Crippen LogP contribution in [0.1, 0.15) is 21.5 Å². The number of H-pyrrole nitrogens is 1. The number of halogens is 3. The van der Waals surface area contributed by atoms with Crippen molar-refractivity contribution in [2.24, 2.45) is 0 Å². The number of anilines is 2. The van der Waals surface area contributed by atoms with Crippen molar-refractivity contribution in [3.63, 3.8) is 0 Å². The Hall–Kier alpha value is -3.81. The zero-order chi connectivity index (χ0) is 21.8. The van der Waals surface area contributed by atoms with E-state index in [2.05, 4.69) is 20.6 Å². The Labute approximate surface area is 176 Å². The Bertz CT molecular complexity index is 1220. The number of fused-ring (bicyclic) bond motifs is 1. The summed E-state index contributed by atoms with van der Waals surface area (Å²) in [6.07, 6.45) is -0.434. The third-order valence-corrected chi connectivity index (χ3v) is 4.86. The van der Waals surface area contributed by atoms with Crippen molar-refractivity contribution in [1.29, 1.82) is 0 Å². The van der Waals surface area contributed by atoms with E-state index in [0.29, 0.717) is 13.0 Å². The van der Waals surface area contributed by atoms with Gasteiger partial charge in [-0.05, 0) is 48.4 Å².